The molecular formula is C22H18F2N2O3. The van der Waals surface area contributed by atoms with E-state index in [-0.39, 0.29) is 5.69 Å². The van der Waals surface area contributed by atoms with Gasteiger partial charge in [-0.1, -0.05) is 18.2 Å². The molecule has 0 aliphatic heterocycles. The molecule has 2 amide bonds. The number of benzene rings is 3. The second-order valence-electron chi connectivity index (χ2n) is 6.19. The molecule has 0 aliphatic rings. The van der Waals surface area contributed by atoms with E-state index in [0.717, 1.165) is 17.0 Å². The molecule has 0 aliphatic carbocycles. The van der Waals surface area contributed by atoms with Gasteiger partial charge in [0.2, 0.25) is 11.8 Å². The number of anilines is 2. The highest BCUT2D eigenvalue weighted by Crippen LogP contribution is 2.23. The van der Waals surface area contributed by atoms with E-state index in [0.29, 0.717) is 23.3 Å². The molecule has 0 radical (unpaired) electrons. The Hall–Kier alpha value is -3.74. The van der Waals surface area contributed by atoms with Gasteiger partial charge in [0.1, 0.15) is 29.7 Å². The van der Waals surface area contributed by atoms with E-state index >= 15 is 0 Å². The molecule has 3 aromatic rings. The lowest BCUT2D eigenvalue weighted by Gasteiger charge is -2.21. The van der Waals surface area contributed by atoms with Gasteiger partial charge in [0.25, 0.3) is 0 Å². The summed E-state index contributed by atoms with van der Waals surface area (Å²) in [5.41, 5.74) is 0.319. The fourth-order valence-corrected chi connectivity index (χ4v) is 2.64. The van der Waals surface area contributed by atoms with Crippen LogP contribution >= 0.6 is 0 Å². The molecule has 0 saturated heterocycles. The molecule has 0 bridgehead atoms. The molecule has 0 unspecified atom stereocenters. The predicted molar refractivity (Wildman–Crippen MR) is 106 cm³/mol. The van der Waals surface area contributed by atoms with E-state index in [1.165, 1.54) is 6.92 Å². The minimum Gasteiger partial charge on any atom is -0.457 e. The summed E-state index contributed by atoms with van der Waals surface area (Å²) in [6.07, 6.45) is 0. The number of nitrogens with one attached hydrogen (secondary N) is 1. The van der Waals surface area contributed by atoms with E-state index in [1.54, 1.807) is 24.3 Å². The summed E-state index contributed by atoms with van der Waals surface area (Å²) in [7, 11) is 0. The molecule has 3 rings (SSSR count). The van der Waals surface area contributed by atoms with Crippen molar-refractivity contribution in [3.63, 3.8) is 0 Å². The van der Waals surface area contributed by atoms with E-state index in [2.05, 4.69) is 5.32 Å². The minimum absolute atomic E-state index is 0.166. The Kier molecular flexibility index (Phi) is 6.19. The lowest BCUT2D eigenvalue weighted by Crippen LogP contribution is -2.37. The van der Waals surface area contributed by atoms with Crippen LogP contribution in [0.2, 0.25) is 0 Å². The van der Waals surface area contributed by atoms with Gasteiger partial charge in [0.15, 0.2) is 0 Å². The molecule has 0 atom stereocenters. The Morgan fingerprint density at radius 3 is 2.21 bits per heavy atom. The number of carbonyl (C=O) groups excluding carboxylic acids is 2. The Balaban J connectivity index is 1.65. The molecule has 0 spiro atoms. The summed E-state index contributed by atoms with van der Waals surface area (Å²) in [6, 6.07) is 18.7. The standard InChI is InChI=1S/C22H18F2N2O3/c1-15(27)26(21-12-7-16(23)13-20(21)24)14-22(28)25-17-8-10-19(11-9-17)29-18-5-3-2-4-6-18/h2-13H,14H2,1H3,(H,25,28). The number of ether oxygens (including phenoxy) is 1. The Morgan fingerprint density at radius 2 is 1.59 bits per heavy atom. The second-order valence-corrected chi connectivity index (χ2v) is 6.19. The zero-order valence-electron chi connectivity index (χ0n) is 15.6. The van der Waals surface area contributed by atoms with Crippen molar-refractivity contribution in [1.82, 2.24) is 0 Å². The van der Waals surface area contributed by atoms with Crippen molar-refractivity contribution < 1.29 is 23.1 Å². The Labute approximate surface area is 166 Å². The molecule has 148 valence electrons. The van der Waals surface area contributed by atoms with E-state index in [4.69, 9.17) is 4.74 Å². The first-order valence-electron chi connectivity index (χ1n) is 8.78. The summed E-state index contributed by atoms with van der Waals surface area (Å²) >= 11 is 0. The van der Waals surface area contributed by atoms with Gasteiger partial charge in [0, 0.05) is 18.7 Å². The quantitative estimate of drug-likeness (QED) is 0.654. The summed E-state index contributed by atoms with van der Waals surface area (Å²) in [5.74, 6) is -1.49. The van der Waals surface area contributed by atoms with Gasteiger partial charge in [-0.15, -0.1) is 0 Å². The van der Waals surface area contributed by atoms with Crippen molar-refractivity contribution in [3.05, 3.63) is 84.4 Å². The molecule has 0 saturated carbocycles. The highest BCUT2D eigenvalue weighted by molar-refractivity contribution is 6.01. The third-order valence-electron chi connectivity index (χ3n) is 4.00. The number of amides is 2. The monoisotopic (exact) mass is 396 g/mol. The maximum atomic E-state index is 14.0. The first-order chi connectivity index (χ1) is 13.9. The molecule has 29 heavy (non-hydrogen) atoms. The molecule has 0 aromatic heterocycles. The van der Waals surface area contributed by atoms with Crippen LogP contribution in [0.4, 0.5) is 20.2 Å². The van der Waals surface area contributed by atoms with Gasteiger partial charge in [-0.2, -0.15) is 0 Å². The zero-order valence-corrected chi connectivity index (χ0v) is 15.6. The van der Waals surface area contributed by atoms with Crippen molar-refractivity contribution in [2.24, 2.45) is 0 Å². The molecule has 1 N–H and O–H groups in total. The molecule has 7 heteroatoms. The fraction of sp³-hybridized carbons (Fsp3) is 0.0909. The van der Waals surface area contributed by atoms with Crippen LogP contribution in [-0.4, -0.2) is 18.4 Å². The molecule has 3 aromatic carbocycles. The molecule has 0 heterocycles. The molecule has 5 nitrogen and oxygen atoms in total. The second kappa shape index (κ2) is 8.97. The number of hydrogen-bond acceptors (Lipinski definition) is 3. The summed E-state index contributed by atoms with van der Waals surface area (Å²) in [4.78, 5) is 25.1. The maximum absolute atomic E-state index is 14.0. The average Bonchev–Trinajstić information content (AvgIpc) is 2.69. The SMILES string of the molecule is CC(=O)N(CC(=O)Nc1ccc(Oc2ccccc2)cc1)c1ccc(F)cc1F. The van der Waals surface area contributed by atoms with Crippen LogP contribution in [0.25, 0.3) is 0 Å². The summed E-state index contributed by atoms with van der Waals surface area (Å²) < 4.78 is 32.8. The van der Waals surface area contributed by atoms with Crippen molar-refractivity contribution in [2.45, 2.75) is 6.92 Å². The first-order valence-corrected chi connectivity index (χ1v) is 8.78. The maximum Gasteiger partial charge on any atom is 0.244 e. The van der Waals surface area contributed by atoms with Gasteiger partial charge in [-0.25, -0.2) is 8.78 Å². The van der Waals surface area contributed by atoms with E-state index in [9.17, 15) is 18.4 Å². The normalized spacial score (nSPS) is 10.3. The van der Waals surface area contributed by atoms with Crippen LogP contribution < -0.4 is 15.0 Å². The smallest absolute Gasteiger partial charge is 0.244 e. The fourth-order valence-electron chi connectivity index (χ4n) is 2.64. The molecular weight excluding hydrogens is 378 g/mol. The van der Waals surface area contributed by atoms with Crippen LogP contribution in [0, 0.1) is 11.6 Å². The lowest BCUT2D eigenvalue weighted by molar-refractivity contribution is -0.120. The van der Waals surface area contributed by atoms with Gasteiger partial charge in [-0.3, -0.25) is 9.59 Å². The van der Waals surface area contributed by atoms with Gasteiger partial charge >= 0.3 is 0 Å². The third kappa shape index (κ3) is 5.38. The Bertz CT molecular complexity index is 1010. The van der Waals surface area contributed by atoms with Gasteiger partial charge < -0.3 is 15.0 Å². The predicted octanol–water partition coefficient (Wildman–Crippen LogP) is 4.75. The van der Waals surface area contributed by atoms with Crippen LogP contribution in [0.15, 0.2) is 72.8 Å². The van der Waals surface area contributed by atoms with Crippen molar-refractivity contribution in [3.8, 4) is 11.5 Å². The Morgan fingerprint density at radius 1 is 0.931 bits per heavy atom. The van der Waals surface area contributed by atoms with Crippen molar-refractivity contribution in [1.29, 1.82) is 0 Å². The molecule has 0 fully saturated rings. The topological polar surface area (TPSA) is 58.6 Å². The van der Waals surface area contributed by atoms with Crippen LogP contribution in [0.5, 0.6) is 11.5 Å². The van der Waals surface area contributed by atoms with Crippen LogP contribution in [0.3, 0.4) is 0 Å². The zero-order chi connectivity index (χ0) is 20.8. The van der Waals surface area contributed by atoms with E-state index < -0.39 is 30.0 Å². The minimum atomic E-state index is -0.921. The van der Waals surface area contributed by atoms with Gasteiger partial charge in [-0.05, 0) is 48.5 Å². The first kappa shape index (κ1) is 20.0. The average molecular weight is 396 g/mol. The number of carbonyl (C=O) groups is 2. The highest BCUT2D eigenvalue weighted by atomic mass is 19.1. The number of para-hydroxylation sites is 1. The third-order valence-corrected chi connectivity index (χ3v) is 4.00. The largest absolute Gasteiger partial charge is 0.457 e. The number of hydrogen-bond donors (Lipinski definition) is 1. The summed E-state index contributed by atoms with van der Waals surface area (Å²) in [5, 5.41) is 2.63. The van der Waals surface area contributed by atoms with Crippen LogP contribution in [0.1, 0.15) is 6.92 Å². The lowest BCUT2D eigenvalue weighted by atomic mass is 10.2. The number of rotatable bonds is 6. The number of nitrogens with zero attached hydrogens (tertiary/aromatic N) is 1. The van der Waals surface area contributed by atoms with Crippen LogP contribution in [-0.2, 0) is 9.59 Å². The number of halogens is 2. The van der Waals surface area contributed by atoms with E-state index in [1.807, 2.05) is 30.3 Å². The highest BCUT2D eigenvalue weighted by Gasteiger charge is 2.19. The summed E-state index contributed by atoms with van der Waals surface area (Å²) in [6.45, 7) is 0.784. The van der Waals surface area contributed by atoms with Crippen molar-refractivity contribution >= 4 is 23.2 Å². The van der Waals surface area contributed by atoms with Gasteiger partial charge in [0.05, 0.1) is 5.69 Å². The van der Waals surface area contributed by atoms with Crippen molar-refractivity contribution in [2.75, 3.05) is 16.8 Å².